The van der Waals surface area contributed by atoms with Crippen molar-refractivity contribution in [3.63, 3.8) is 0 Å². The van der Waals surface area contributed by atoms with E-state index in [1.165, 1.54) is 15.9 Å². The minimum absolute atomic E-state index is 0.106. The highest BCUT2D eigenvalue weighted by molar-refractivity contribution is 6.11. The third-order valence-corrected chi connectivity index (χ3v) is 7.22. The van der Waals surface area contributed by atoms with E-state index >= 15 is 0 Å². The maximum absolute atomic E-state index is 12.6. The number of carbonyl (C=O) groups excluding carboxylic acids is 5. The van der Waals surface area contributed by atoms with E-state index in [9.17, 15) is 24.0 Å². The molecule has 1 aliphatic heterocycles. The highest BCUT2D eigenvalue weighted by Crippen LogP contribution is 2.24. The Hall–Kier alpha value is -3.03. The third-order valence-electron chi connectivity index (χ3n) is 7.22. The molecule has 11 nitrogen and oxygen atoms in total. The molecule has 0 radical (unpaired) electrons. The minimum Gasteiger partial charge on any atom is -0.338 e. The Labute approximate surface area is 233 Å². The van der Waals surface area contributed by atoms with Crippen LogP contribution < -0.4 is 10.6 Å². The first-order valence-corrected chi connectivity index (χ1v) is 14.2. The van der Waals surface area contributed by atoms with E-state index < -0.39 is 0 Å². The Morgan fingerprint density at radius 3 is 1.74 bits per heavy atom. The van der Waals surface area contributed by atoms with Gasteiger partial charge < -0.3 is 10.6 Å². The molecule has 0 saturated carbocycles. The normalized spacial score (nSPS) is 17.6. The van der Waals surface area contributed by atoms with Crippen LogP contribution in [0.3, 0.4) is 0 Å². The van der Waals surface area contributed by atoms with Gasteiger partial charge in [0.2, 0.25) is 12.2 Å². The first-order chi connectivity index (χ1) is 18.5. The minimum atomic E-state index is -0.265. The van der Waals surface area contributed by atoms with Crippen LogP contribution in [-0.4, -0.2) is 79.3 Å². The van der Waals surface area contributed by atoms with Crippen LogP contribution >= 0.6 is 0 Å². The van der Waals surface area contributed by atoms with Crippen LogP contribution in [-0.2, 0) is 9.59 Å². The Balaban J connectivity index is 2.29. The molecule has 2 N–H and O–H groups in total. The first-order valence-electron chi connectivity index (χ1n) is 14.2. The van der Waals surface area contributed by atoms with Crippen LogP contribution in [0.4, 0.5) is 14.4 Å². The van der Waals surface area contributed by atoms with Gasteiger partial charge in [-0.2, -0.15) is 0 Å². The fourth-order valence-electron chi connectivity index (χ4n) is 5.26. The molecule has 1 fully saturated rings. The highest BCUT2D eigenvalue weighted by Gasteiger charge is 2.44. The van der Waals surface area contributed by atoms with Gasteiger partial charge in [0.25, 0.3) is 0 Å². The zero-order valence-electron chi connectivity index (χ0n) is 24.6. The summed E-state index contributed by atoms with van der Waals surface area (Å²) in [5.41, 5.74) is 0. The van der Waals surface area contributed by atoms with Gasteiger partial charge in [-0.3, -0.25) is 0 Å². The average Bonchev–Trinajstić information content (AvgIpc) is 2.90. The van der Waals surface area contributed by atoms with Crippen LogP contribution in [0.1, 0.15) is 73.6 Å². The van der Waals surface area contributed by atoms with Crippen molar-refractivity contribution in [1.82, 2.24) is 20.4 Å². The topological polar surface area (TPSA) is 141 Å². The molecule has 6 unspecified atom stereocenters. The number of amides is 6. The third kappa shape index (κ3) is 13.1. The Morgan fingerprint density at radius 2 is 1.26 bits per heavy atom. The van der Waals surface area contributed by atoms with Crippen LogP contribution in [0.5, 0.6) is 0 Å². The number of nitrogens with zero attached hydrogens (tertiary/aromatic N) is 4. The summed E-state index contributed by atoms with van der Waals surface area (Å²) >= 11 is 0. The van der Waals surface area contributed by atoms with E-state index in [4.69, 9.17) is 0 Å². The molecule has 0 aromatic carbocycles. The molecule has 1 aliphatic rings. The molecule has 0 aromatic rings. The summed E-state index contributed by atoms with van der Waals surface area (Å²) in [5.74, 6) is 1.36. The molecule has 0 bridgehead atoms. The Bertz CT molecular complexity index is 870. The fourth-order valence-corrected chi connectivity index (χ4v) is 5.26. The molecule has 1 heterocycles. The second kappa shape index (κ2) is 18.3. The summed E-state index contributed by atoms with van der Waals surface area (Å²) < 4.78 is 0. The van der Waals surface area contributed by atoms with Crippen molar-refractivity contribution in [2.24, 2.45) is 45.5 Å². The number of rotatable bonds is 20. The number of carbonyl (C=O) groups is 3. The largest absolute Gasteiger partial charge is 0.338 e. The number of urea groups is 3. The Kier molecular flexibility index (Phi) is 15.9. The van der Waals surface area contributed by atoms with Crippen molar-refractivity contribution in [3.05, 3.63) is 0 Å². The molecule has 11 heteroatoms. The summed E-state index contributed by atoms with van der Waals surface area (Å²) in [6, 6.07) is -0.731. The number of aliphatic imine (C=N–C) groups is 2. The van der Waals surface area contributed by atoms with Crippen LogP contribution in [0.25, 0.3) is 0 Å². The van der Waals surface area contributed by atoms with Gasteiger partial charge in [-0.05, 0) is 61.2 Å². The lowest BCUT2D eigenvalue weighted by Crippen LogP contribution is -2.65. The second-order valence-corrected chi connectivity index (χ2v) is 11.6. The van der Waals surface area contributed by atoms with Crippen molar-refractivity contribution in [2.45, 2.75) is 73.6 Å². The van der Waals surface area contributed by atoms with Gasteiger partial charge in [-0.25, -0.2) is 43.8 Å². The van der Waals surface area contributed by atoms with Crippen LogP contribution in [0.15, 0.2) is 9.98 Å². The standard InChI is InChI=1S/C28H48N6O5/c1-7-25(12-22(4)14-30-19-36)8-9-31-26(37)32-15-21(3)11-24(6)17-34-27(38)33(28(34)39)16-23(5)10-20(2)13-29-18-35/h20-25H,7-17H2,1-6H3,(H2,31,32,37). The zero-order valence-corrected chi connectivity index (χ0v) is 24.6. The van der Waals surface area contributed by atoms with Gasteiger partial charge in [0.15, 0.2) is 0 Å². The summed E-state index contributed by atoms with van der Waals surface area (Å²) in [5, 5.41) is 5.83. The van der Waals surface area contributed by atoms with Crippen LogP contribution in [0.2, 0.25) is 0 Å². The van der Waals surface area contributed by atoms with Gasteiger partial charge >= 0.3 is 18.1 Å². The number of imide groups is 2. The van der Waals surface area contributed by atoms with Crippen molar-refractivity contribution < 1.29 is 24.0 Å². The van der Waals surface area contributed by atoms with E-state index in [1.54, 1.807) is 6.08 Å². The van der Waals surface area contributed by atoms with Crippen molar-refractivity contribution in [1.29, 1.82) is 0 Å². The molecule has 220 valence electrons. The maximum atomic E-state index is 12.6. The molecule has 0 aliphatic carbocycles. The predicted octanol–water partition coefficient (Wildman–Crippen LogP) is 4.58. The quantitative estimate of drug-likeness (QED) is 0.169. The second-order valence-electron chi connectivity index (χ2n) is 11.6. The molecule has 0 spiro atoms. The summed E-state index contributed by atoms with van der Waals surface area (Å²) in [6.07, 6.45) is 7.47. The van der Waals surface area contributed by atoms with E-state index in [0.29, 0.717) is 51.1 Å². The van der Waals surface area contributed by atoms with Gasteiger partial charge in [0.1, 0.15) is 0 Å². The summed E-state index contributed by atoms with van der Waals surface area (Å²) in [6.45, 7) is 14.9. The Morgan fingerprint density at radius 1 is 0.769 bits per heavy atom. The number of hydrogen-bond acceptors (Lipinski definition) is 7. The molecular weight excluding hydrogens is 500 g/mol. The molecule has 39 heavy (non-hydrogen) atoms. The summed E-state index contributed by atoms with van der Waals surface area (Å²) in [4.78, 5) is 67.7. The SMILES string of the molecule is CCC(CCNC(=O)NCC(C)CC(C)CN1C(=O)N(CC(C)CC(C)CN=C=O)C1=O)CC(C)CN=C=O. The molecule has 6 atom stereocenters. The lowest BCUT2D eigenvalue weighted by Gasteiger charge is -2.41. The fraction of sp³-hybridized carbons (Fsp3) is 0.821. The highest BCUT2D eigenvalue weighted by atomic mass is 16.2. The van der Waals surface area contributed by atoms with E-state index in [1.807, 2.05) is 27.7 Å². The number of hydrogen-bond donors (Lipinski definition) is 2. The van der Waals surface area contributed by atoms with Crippen molar-refractivity contribution >= 4 is 30.3 Å². The van der Waals surface area contributed by atoms with E-state index in [2.05, 4.69) is 34.5 Å². The van der Waals surface area contributed by atoms with Gasteiger partial charge in [0.05, 0.1) is 13.1 Å². The van der Waals surface area contributed by atoms with Gasteiger partial charge in [0, 0.05) is 26.2 Å². The molecule has 1 rings (SSSR count). The van der Waals surface area contributed by atoms with Gasteiger partial charge in [-0.1, -0.05) is 48.0 Å². The van der Waals surface area contributed by atoms with Crippen LogP contribution in [0, 0.1) is 35.5 Å². The average molecular weight is 549 g/mol. The number of nitrogens with one attached hydrogen (secondary N) is 2. The van der Waals surface area contributed by atoms with E-state index in [-0.39, 0.29) is 41.8 Å². The predicted molar refractivity (Wildman–Crippen MR) is 150 cm³/mol. The van der Waals surface area contributed by atoms with E-state index in [0.717, 1.165) is 32.1 Å². The maximum Gasteiger partial charge on any atom is 0.336 e. The molecule has 0 aromatic heterocycles. The smallest absolute Gasteiger partial charge is 0.336 e. The molecule has 1 saturated heterocycles. The lowest BCUT2D eigenvalue weighted by molar-refractivity contribution is 0.0905. The first kappa shape index (κ1) is 34.0. The lowest BCUT2D eigenvalue weighted by atomic mass is 9.91. The van der Waals surface area contributed by atoms with Crippen molar-refractivity contribution in [2.75, 3.05) is 39.3 Å². The zero-order chi connectivity index (χ0) is 29.4. The number of isocyanates is 2. The van der Waals surface area contributed by atoms with Crippen molar-refractivity contribution in [3.8, 4) is 0 Å². The molecule has 6 amide bonds. The molecular formula is C28H48N6O5. The van der Waals surface area contributed by atoms with Gasteiger partial charge in [-0.15, -0.1) is 0 Å². The monoisotopic (exact) mass is 548 g/mol. The summed E-state index contributed by atoms with van der Waals surface area (Å²) in [7, 11) is 0.